The fraction of sp³-hybridized carbons (Fsp3) is 0.529. The number of ether oxygens (including phenoxy) is 1. The van der Waals surface area contributed by atoms with Gasteiger partial charge in [-0.05, 0) is 32.8 Å². The van der Waals surface area contributed by atoms with Gasteiger partial charge < -0.3 is 15.8 Å². The van der Waals surface area contributed by atoms with Crippen molar-refractivity contribution in [3.05, 3.63) is 35.9 Å². The molecule has 6 heteroatoms. The molecule has 0 aliphatic carbocycles. The van der Waals surface area contributed by atoms with Gasteiger partial charge in [-0.25, -0.2) is 4.79 Å². The van der Waals surface area contributed by atoms with Crippen LogP contribution in [0.3, 0.4) is 0 Å². The Morgan fingerprint density at radius 3 is 2.52 bits per heavy atom. The van der Waals surface area contributed by atoms with Crippen LogP contribution >= 0.6 is 0 Å². The van der Waals surface area contributed by atoms with E-state index in [1.165, 1.54) is 0 Å². The van der Waals surface area contributed by atoms with Gasteiger partial charge >= 0.3 is 6.09 Å². The van der Waals surface area contributed by atoms with Gasteiger partial charge in [0, 0.05) is 19.6 Å². The molecule has 0 spiro atoms. The number of rotatable bonds is 4. The maximum Gasteiger partial charge on any atom is 0.408 e. The van der Waals surface area contributed by atoms with Crippen molar-refractivity contribution in [1.29, 1.82) is 0 Å². The number of nitrogens with two attached hydrogens (primary N) is 1. The molecule has 1 atom stereocenters. The van der Waals surface area contributed by atoms with E-state index in [2.05, 4.69) is 10.2 Å². The third kappa shape index (κ3) is 4.69. The lowest BCUT2D eigenvalue weighted by Crippen LogP contribution is -2.59. The summed E-state index contributed by atoms with van der Waals surface area (Å²) in [6, 6.07) is 9.99. The number of amides is 2. The second kappa shape index (κ2) is 6.58. The molecule has 1 unspecified atom stereocenters. The summed E-state index contributed by atoms with van der Waals surface area (Å²) in [6.45, 7) is 7.12. The molecule has 23 heavy (non-hydrogen) atoms. The van der Waals surface area contributed by atoms with E-state index in [1.54, 1.807) is 20.8 Å². The highest BCUT2D eigenvalue weighted by molar-refractivity contribution is 5.89. The monoisotopic (exact) mass is 319 g/mol. The first-order valence-corrected chi connectivity index (χ1v) is 7.78. The summed E-state index contributed by atoms with van der Waals surface area (Å²) in [5, 5.41) is 2.69. The Kier molecular flexibility index (Phi) is 4.94. The van der Waals surface area contributed by atoms with Crippen molar-refractivity contribution in [2.75, 3.05) is 13.1 Å². The normalized spacial score (nSPS) is 21.9. The van der Waals surface area contributed by atoms with Gasteiger partial charge in [-0.2, -0.15) is 0 Å². The van der Waals surface area contributed by atoms with E-state index in [0.717, 1.165) is 5.56 Å². The predicted molar refractivity (Wildman–Crippen MR) is 87.6 cm³/mol. The topological polar surface area (TPSA) is 84.7 Å². The minimum Gasteiger partial charge on any atom is -0.444 e. The summed E-state index contributed by atoms with van der Waals surface area (Å²) in [5.74, 6) is -0.529. The average molecular weight is 319 g/mol. The van der Waals surface area contributed by atoms with Crippen LogP contribution < -0.4 is 11.1 Å². The second-order valence-corrected chi connectivity index (χ2v) is 7.02. The van der Waals surface area contributed by atoms with E-state index in [1.807, 2.05) is 30.3 Å². The molecule has 1 aromatic carbocycles. The van der Waals surface area contributed by atoms with Crippen LogP contribution in [0.25, 0.3) is 0 Å². The van der Waals surface area contributed by atoms with E-state index in [4.69, 9.17) is 10.5 Å². The smallest absolute Gasteiger partial charge is 0.408 e. The number of nitrogens with zero attached hydrogens (tertiary/aromatic N) is 1. The van der Waals surface area contributed by atoms with Gasteiger partial charge in [0.15, 0.2) is 0 Å². The molecule has 0 radical (unpaired) electrons. The molecule has 0 saturated carbocycles. The number of likely N-dealkylation sites (tertiary alicyclic amines) is 1. The fourth-order valence-corrected chi connectivity index (χ4v) is 2.73. The van der Waals surface area contributed by atoms with E-state index < -0.39 is 23.1 Å². The Morgan fingerprint density at radius 1 is 1.30 bits per heavy atom. The van der Waals surface area contributed by atoms with Crippen molar-refractivity contribution in [2.45, 2.75) is 44.9 Å². The molecule has 1 heterocycles. The van der Waals surface area contributed by atoms with Gasteiger partial charge in [-0.3, -0.25) is 9.69 Å². The van der Waals surface area contributed by atoms with Gasteiger partial charge in [0.05, 0.1) is 0 Å². The molecular weight excluding hydrogens is 294 g/mol. The number of carbonyl (C=O) groups excluding carboxylic acids is 2. The number of primary amides is 1. The Bertz CT molecular complexity index is 568. The van der Waals surface area contributed by atoms with E-state index in [0.29, 0.717) is 26.1 Å². The SMILES string of the molecule is CC(C)(C)OC(=O)NC1(C(N)=O)CCN(Cc2ccccc2)C1. The number of nitrogens with one attached hydrogen (secondary N) is 1. The number of hydrogen-bond donors (Lipinski definition) is 2. The first-order chi connectivity index (χ1) is 10.7. The van der Waals surface area contributed by atoms with Crippen molar-refractivity contribution in [2.24, 2.45) is 5.73 Å². The van der Waals surface area contributed by atoms with Crippen LogP contribution in [0.5, 0.6) is 0 Å². The van der Waals surface area contributed by atoms with Crippen molar-refractivity contribution in [3.63, 3.8) is 0 Å². The van der Waals surface area contributed by atoms with Gasteiger partial charge in [0.25, 0.3) is 0 Å². The Morgan fingerprint density at radius 2 is 1.96 bits per heavy atom. The van der Waals surface area contributed by atoms with Crippen molar-refractivity contribution < 1.29 is 14.3 Å². The molecule has 1 fully saturated rings. The Labute approximate surface area is 137 Å². The summed E-state index contributed by atoms with van der Waals surface area (Å²) in [5.41, 5.74) is 5.03. The molecule has 1 aliphatic rings. The first kappa shape index (κ1) is 17.3. The highest BCUT2D eigenvalue weighted by Gasteiger charge is 2.45. The minimum atomic E-state index is -1.07. The van der Waals surface area contributed by atoms with Crippen LogP contribution in [0.1, 0.15) is 32.8 Å². The van der Waals surface area contributed by atoms with Gasteiger partial charge in [0.2, 0.25) is 5.91 Å². The molecule has 0 bridgehead atoms. The minimum absolute atomic E-state index is 0.385. The Balaban J connectivity index is 2.02. The summed E-state index contributed by atoms with van der Waals surface area (Å²) in [7, 11) is 0. The standard InChI is InChI=1S/C17H25N3O3/c1-16(2,3)23-15(22)19-17(14(18)21)9-10-20(12-17)11-13-7-5-4-6-8-13/h4-8H,9-12H2,1-3H3,(H2,18,21)(H,19,22). The molecule has 1 aromatic rings. The lowest BCUT2D eigenvalue weighted by Gasteiger charge is -2.29. The van der Waals surface area contributed by atoms with Gasteiger partial charge in [0.1, 0.15) is 11.1 Å². The zero-order valence-electron chi connectivity index (χ0n) is 14.0. The average Bonchev–Trinajstić information content (AvgIpc) is 2.82. The van der Waals surface area contributed by atoms with Crippen LogP contribution in [-0.2, 0) is 16.1 Å². The number of hydrogen-bond acceptors (Lipinski definition) is 4. The lowest BCUT2D eigenvalue weighted by atomic mass is 9.98. The van der Waals surface area contributed by atoms with Crippen molar-refractivity contribution in [1.82, 2.24) is 10.2 Å². The van der Waals surface area contributed by atoms with E-state index >= 15 is 0 Å². The molecule has 0 aromatic heterocycles. The summed E-state index contributed by atoms with van der Waals surface area (Å²) in [4.78, 5) is 26.1. The van der Waals surface area contributed by atoms with Crippen molar-refractivity contribution in [3.8, 4) is 0 Å². The summed E-state index contributed by atoms with van der Waals surface area (Å²) in [6.07, 6.45) is -0.133. The van der Waals surface area contributed by atoms with E-state index in [9.17, 15) is 9.59 Å². The quantitative estimate of drug-likeness (QED) is 0.883. The molecule has 1 aliphatic heterocycles. The van der Waals surface area contributed by atoms with Crippen LogP contribution in [0.15, 0.2) is 30.3 Å². The highest BCUT2D eigenvalue weighted by atomic mass is 16.6. The molecule has 126 valence electrons. The largest absolute Gasteiger partial charge is 0.444 e. The van der Waals surface area contributed by atoms with Gasteiger partial charge in [-0.1, -0.05) is 30.3 Å². The number of benzene rings is 1. The van der Waals surface area contributed by atoms with E-state index in [-0.39, 0.29) is 0 Å². The summed E-state index contributed by atoms with van der Waals surface area (Å²) >= 11 is 0. The Hall–Kier alpha value is -2.08. The maximum absolute atomic E-state index is 12.0. The zero-order chi connectivity index (χ0) is 17.1. The number of carbonyl (C=O) groups is 2. The predicted octanol–water partition coefficient (Wildman–Crippen LogP) is 1.64. The van der Waals surface area contributed by atoms with Crippen LogP contribution in [0, 0.1) is 0 Å². The molecular formula is C17H25N3O3. The third-order valence-corrected chi connectivity index (χ3v) is 3.81. The zero-order valence-corrected chi connectivity index (χ0v) is 14.0. The van der Waals surface area contributed by atoms with Gasteiger partial charge in [-0.15, -0.1) is 0 Å². The van der Waals surface area contributed by atoms with Crippen molar-refractivity contribution >= 4 is 12.0 Å². The van der Waals surface area contributed by atoms with Crippen LogP contribution in [0.2, 0.25) is 0 Å². The molecule has 6 nitrogen and oxygen atoms in total. The van der Waals surface area contributed by atoms with Crippen LogP contribution in [-0.4, -0.2) is 41.1 Å². The summed E-state index contributed by atoms with van der Waals surface area (Å²) < 4.78 is 5.25. The number of alkyl carbamates (subject to hydrolysis) is 1. The van der Waals surface area contributed by atoms with Crippen LogP contribution in [0.4, 0.5) is 4.79 Å². The second-order valence-electron chi connectivity index (χ2n) is 7.02. The molecule has 1 saturated heterocycles. The molecule has 2 amide bonds. The first-order valence-electron chi connectivity index (χ1n) is 7.78. The maximum atomic E-state index is 12.0. The lowest BCUT2D eigenvalue weighted by molar-refractivity contribution is -0.124. The fourth-order valence-electron chi connectivity index (χ4n) is 2.73. The molecule has 3 N–H and O–H groups in total. The molecule has 2 rings (SSSR count). The highest BCUT2D eigenvalue weighted by Crippen LogP contribution is 2.23. The third-order valence-electron chi connectivity index (χ3n) is 3.81.